The van der Waals surface area contributed by atoms with E-state index in [4.69, 9.17) is 16.6 Å². The van der Waals surface area contributed by atoms with E-state index >= 15 is 0 Å². The Bertz CT molecular complexity index is 609. The fourth-order valence-electron chi connectivity index (χ4n) is 3.10. The third kappa shape index (κ3) is 3.23. The van der Waals surface area contributed by atoms with Crippen molar-refractivity contribution in [2.45, 2.75) is 45.3 Å². The van der Waals surface area contributed by atoms with E-state index in [0.29, 0.717) is 12.1 Å². The lowest BCUT2D eigenvalue weighted by atomic mass is 10.1. The smallest absolute Gasteiger partial charge is 0.137 e. The molecule has 1 aliphatic rings. The Balaban J connectivity index is 1.78. The minimum Gasteiger partial charge on any atom is -0.311 e. The number of hydrogen-bond acceptors (Lipinski definition) is 3. The van der Waals surface area contributed by atoms with Gasteiger partial charge in [-0.05, 0) is 25.0 Å². The van der Waals surface area contributed by atoms with Gasteiger partial charge < -0.3 is 9.72 Å². The van der Waals surface area contributed by atoms with Gasteiger partial charge in [0.05, 0.1) is 10.7 Å². The molecule has 0 amide bonds. The Hall–Kier alpha value is -1.10. The van der Waals surface area contributed by atoms with Crippen LogP contribution in [-0.4, -0.2) is 39.5 Å². The van der Waals surface area contributed by atoms with Crippen molar-refractivity contribution < 1.29 is 0 Å². The number of halogens is 1. The maximum Gasteiger partial charge on any atom is 0.137 e. The number of hydrogen-bond donors (Lipinski definition) is 1. The lowest BCUT2D eigenvalue weighted by Gasteiger charge is -2.39. The van der Waals surface area contributed by atoms with Gasteiger partial charge >= 0.3 is 0 Å². The van der Waals surface area contributed by atoms with Crippen molar-refractivity contribution in [2.24, 2.45) is 0 Å². The van der Waals surface area contributed by atoms with Crippen LogP contribution in [0.15, 0.2) is 24.5 Å². The van der Waals surface area contributed by atoms with Crippen LogP contribution in [0.25, 0.3) is 5.65 Å². The molecule has 1 fully saturated rings. The Morgan fingerprint density at radius 2 is 2.14 bits per heavy atom. The van der Waals surface area contributed by atoms with E-state index < -0.39 is 0 Å². The van der Waals surface area contributed by atoms with Gasteiger partial charge in [-0.1, -0.05) is 25.4 Å². The van der Waals surface area contributed by atoms with E-state index in [2.05, 4.69) is 30.3 Å². The molecule has 0 spiro atoms. The summed E-state index contributed by atoms with van der Waals surface area (Å²) in [7, 11) is 0. The van der Waals surface area contributed by atoms with Gasteiger partial charge in [-0.3, -0.25) is 4.90 Å². The molecule has 0 aliphatic carbocycles. The van der Waals surface area contributed by atoms with Crippen LogP contribution in [0.3, 0.4) is 0 Å². The molecule has 0 radical (unpaired) electrons. The lowest BCUT2D eigenvalue weighted by Crippen LogP contribution is -2.55. The fourth-order valence-corrected chi connectivity index (χ4v) is 3.27. The van der Waals surface area contributed by atoms with E-state index in [1.165, 1.54) is 12.8 Å². The van der Waals surface area contributed by atoms with Crippen LogP contribution in [0, 0.1) is 0 Å². The molecule has 2 aromatic heterocycles. The van der Waals surface area contributed by atoms with Gasteiger partial charge in [0.25, 0.3) is 0 Å². The van der Waals surface area contributed by atoms with Crippen LogP contribution in [0.5, 0.6) is 0 Å². The zero-order chi connectivity index (χ0) is 14.8. The summed E-state index contributed by atoms with van der Waals surface area (Å²) in [6.07, 6.45) is 6.35. The average molecular weight is 307 g/mol. The van der Waals surface area contributed by atoms with Crippen LogP contribution in [0.4, 0.5) is 0 Å². The van der Waals surface area contributed by atoms with Crippen molar-refractivity contribution >= 4 is 17.2 Å². The van der Waals surface area contributed by atoms with Crippen LogP contribution in [0.1, 0.15) is 32.4 Å². The second kappa shape index (κ2) is 6.34. The first-order chi connectivity index (χ1) is 10.2. The Kier molecular flexibility index (Phi) is 4.48. The molecule has 1 aliphatic heterocycles. The summed E-state index contributed by atoms with van der Waals surface area (Å²) in [6.45, 7) is 7.60. The highest BCUT2D eigenvalue weighted by Gasteiger charge is 2.26. The highest BCUT2D eigenvalue weighted by atomic mass is 35.5. The van der Waals surface area contributed by atoms with Gasteiger partial charge in [0, 0.05) is 44.1 Å². The third-order valence-corrected chi connectivity index (χ3v) is 4.63. The van der Waals surface area contributed by atoms with Crippen LogP contribution in [-0.2, 0) is 6.54 Å². The summed E-state index contributed by atoms with van der Waals surface area (Å²) in [5.74, 6) is 0. The van der Waals surface area contributed by atoms with Gasteiger partial charge in [0.15, 0.2) is 0 Å². The first-order valence-electron chi connectivity index (χ1n) is 7.80. The first kappa shape index (κ1) is 14.8. The maximum atomic E-state index is 6.04. The molecule has 21 heavy (non-hydrogen) atoms. The van der Waals surface area contributed by atoms with E-state index in [1.54, 1.807) is 0 Å². The summed E-state index contributed by atoms with van der Waals surface area (Å²) in [5.41, 5.74) is 2.08. The van der Waals surface area contributed by atoms with Crippen molar-refractivity contribution in [3.05, 3.63) is 35.2 Å². The molecule has 2 aromatic rings. The van der Waals surface area contributed by atoms with Crippen molar-refractivity contribution in [1.82, 2.24) is 19.6 Å². The number of aromatic nitrogens is 2. The fraction of sp³-hybridized carbons (Fsp3) is 0.562. The largest absolute Gasteiger partial charge is 0.311 e. The standard InChI is InChI=1S/C16H23ClN4/c1-3-13-9-20(15(4-2)7-18-13)10-14-11-21-8-12(17)5-6-16(21)19-14/h5-6,8,11,13,15,18H,3-4,7,9-10H2,1-2H3. The Morgan fingerprint density at radius 1 is 1.29 bits per heavy atom. The number of fused-ring (bicyclic) bond motifs is 1. The number of nitrogens with one attached hydrogen (secondary N) is 1. The molecule has 0 bridgehead atoms. The zero-order valence-electron chi connectivity index (χ0n) is 12.7. The molecule has 1 N–H and O–H groups in total. The summed E-state index contributed by atoms with van der Waals surface area (Å²) in [6, 6.07) is 5.05. The van der Waals surface area contributed by atoms with E-state index in [0.717, 1.165) is 36.0 Å². The van der Waals surface area contributed by atoms with Gasteiger partial charge in [-0.25, -0.2) is 4.98 Å². The average Bonchev–Trinajstić information content (AvgIpc) is 2.88. The van der Waals surface area contributed by atoms with Crippen molar-refractivity contribution in [3.8, 4) is 0 Å². The normalized spacial score (nSPS) is 23.8. The molecule has 3 heterocycles. The van der Waals surface area contributed by atoms with Crippen LogP contribution in [0.2, 0.25) is 5.02 Å². The third-order valence-electron chi connectivity index (χ3n) is 4.41. The highest BCUT2D eigenvalue weighted by Crippen LogP contribution is 2.17. The Labute approximate surface area is 131 Å². The molecule has 2 atom stereocenters. The molecule has 0 saturated carbocycles. The molecular weight excluding hydrogens is 284 g/mol. The second-order valence-electron chi connectivity index (χ2n) is 5.85. The minimum atomic E-state index is 0.597. The molecule has 2 unspecified atom stereocenters. The topological polar surface area (TPSA) is 32.6 Å². The maximum absolute atomic E-state index is 6.04. The van der Waals surface area contributed by atoms with Gasteiger partial charge in [0.1, 0.15) is 5.65 Å². The monoisotopic (exact) mass is 306 g/mol. The molecule has 5 heteroatoms. The lowest BCUT2D eigenvalue weighted by molar-refractivity contribution is 0.116. The summed E-state index contributed by atoms with van der Waals surface area (Å²) in [5, 5.41) is 4.38. The second-order valence-corrected chi connectivity index (χ2v) is 6.29. The first-order valence-corrected chi connectivity index (χ1v) is 8.18. The predicted octanol–water partition coefficient (Wildman–Crippen LogP) is 2.95. The molecule has 114 valence electrons. The van der Waals surface area contributed by atoms with E-state index in [1.807, 2.05) is 22.7 Å². The number of rotatable bonds is 4. The van der Waals surface area contributed by atoms with E-state index in [9.17, 15) is 0 Å². The summed E-state index contributed by atoms with van der Waals surface area (Å²) >= 11 is 6.04. The minimum absolute atomic E-state index is 0.597. The molecule has 1 saturated heterocycles. The van der Waals surface area contributed by atoms with Crippen LogP contribution >= 0.6 is 11.6 Å². The number of pyridine rings is 1. The Morgan fingerprint density at radius 3 is 2.90 bits per heavy atom. The predicted molar refractivity (Wildman–Crippen MR) is 86.8 cm³/mol. The van der Waals surface area contributed by atoms with Crippen molar-refractivity contribution in [2.75, 3.05) is 13.1 Å². The van der Waals surface area contributed by atoms with Gasteiger partial charge in [-0.15, -0.1) is 0 Å². The number of imidazole rings is 1. The highest BCUT2D eigenvalue weighted by molar-refractivity contribution is 6.30. The van der Waals surface area contributed by atoms with Gasteiger partial charge in [-0.2, -0.15) is 0 Å². The summed E-state index contributed by atoms with van der Waals surface area (Å²) in [4.78, 5) is 7.27. The zero-order valence-corrected chi connectivity index (χ0v) is 13.5. The SMILES string of the molecule is CCC1CN(Cc2cn3cc(Cl)ccc3n2)C(CC)CN1. The van der Waals surface area contributed by atoms with Crippen LogP contribution < -0.4 is 5.32 Å². The molecule has 4 nitrogen and oxygen atoms in total. The quantitative estimate of drug-likeness (QED) is 0.942. The number of piperazine rings is 1. The summed E-state index contributed by atoms with van der Waals surface area (Å²) < 4.78 is 2.01. The molecular formula is C16H23ClN4. The molecule has 3 rings (SSSR count). The number of nitrogens with zero attached hydrogens (tertiary/aromatic N) is 3. The van der Waals surface area contributed by atoms with Gasteiger partial charge in [0.2, 0.25) is 0 Å². The van der Waals surface area contributed by atoms with E-state index in [-0.39, 0.29) is 0 Å². The molecule has 0 aromatic carbocycles. The van der Waals surface area contributed by atoms with Crippen molar-refractivity contribution in [1.29, 1.82) is 0 Å². The van der Waals surface area contributed by atoms with Crippen molar-refractivity contribution in [3.63, 3.8) is 0 Å².